The molecule has 0 fully saturated rings. The van der Waals surface area contributed by atoms with Crippen LogP contribution in [0.1, 0.15) is 32.3 Å². The molecule has 1 atom stereocenters. The topological polar surface area (TPSA) is 96.2 Å². The number of ether oxygens (including phenoxy) is 1. The molecule has 0 saturated heterocycles. The third-order valence-electron chi connectivity index (χ3n) is 6.05. The lowest BCUT2D eigenvalue weighted by molar-refractivity contribution is -0.118. The molecule has 0 aliphatic heterocycles. The van der Waals surface area contributed by atoms with E-state index in [2.05, 4.69) is 34.3 Å². The van der Waals surface area contributed by atoms with Crippen LogP contribution in [0.2, 0.25) is 0 Å². The molecule has 35 heavy (non-hydrogen) atoms. The molecule has 1 heterocycles. The van der Waals surface area contributed by atoms with Gasteiger partial charge in [-0.2, -0.15) is 5.26 Å². The number of hydrogen-bond acceptors (Lipinski definition) is 4. The summed E-state index contributed by atoms with van der Waals surface area (Å²) in [6.45, 7) is 4.86. The average molecular weight is 469 g/mol. The van der Waals surface area contributed by atoms with Crippen molar-refractivity contribution in [3.63, 3.8) is 0 Å². The standard InChI is InChI=1S/C28H28N4O3/c1-4-32-24-8-6-5-7-22(24)23-15-20(11-12-25(23)32)30-27(33)13-18(2)14-28(34)31-21-10-9-19(17-29)26(16-21)35-3/h5-12,15-16,18H,4,13-14H2,1-3H3,(H,30,33)(H,31,34). The van der Waals surface area contributed by atoms with Gasteiger partial charge in [0.25, 0.3) is 0 Å². The maximum Gasteiger partial charge on any atom is 0.224 e. The van der Waals surface area contributed by atoms with E-state index in [9.17, 15) is 9.59 Å². The van der Waals surface area contributed by atoms with E-state index in [-0.39, 0.29) is 30.6 Å². The molecule has 7 nitrogen and oxygen atoms in total. The molecular formula is C28H28N4O3. The van der Waals surface area contributed by atoms with Gasteiger partial charge in [0.15, 0.2) is 0 Å². The van der Waals surface area contributed by atoms with Crippen molar-refractivity contribution in [1.82, 2.24) is 4.57 Å². The molecule has 0 aliphatic carbocycles. The van der Waals surface area contributed by atoms with Crippen LogP contribution in [0.3, 0.4) is 0 Å². The largest absolute Gasteiger partial charge is 0.495 e. The van der Waals surface area contributed by atoms with Crippen molar-refractivity contribution in [1.29, 1.82) is 5.26 Å². The summed E-state index contributed by atoms with van der Waals surface area (Å²) in [5, 5.41) is 17.1. The second-order valence-electron chi connectivity index (χ2n) is 8.63. The van der Waals surface area contributed by atoms with E-state index in [4.69, 9.17) is 10.00 Å². The van der Waals surface area contributed by atoms with Crippen LogP contribution in [-0.2, 0) is 16.1 Å². The van der Waals surface area contributed by atoms with E-state index in [0.717, 1.165) is 28.5 Å². The number of aromatic nitrogens is 1. The summed E-state index contributed by atoms with van der Waals surface area (Å²) in [6.07, 6.45) is 0.414. The van der Waals surface area contributed by atoms with Gasteiger partial charge in [-0.15, -0.1) is 0 Å². The van der Waals surface area contributed by atoms with Crippen LogP contribution in [-0.4, -0.2) is 23.5 Å². The Morgan fingerprint density at radius 2 is 1.57 bits per heavy atom. The van der Waals surface area contributed by atoms with E-state index < -0.39 is 0 Å². The highest BCUT2D eigenvalue weighted by atomic mass is 16.5. The van der Waals surface area contributed by atoms with Crippen LogP contribution < -0.4 is 15.4 Å². The molecule has 0 aliphatic rings. The van der Waals surface area contributed by atoms with E-state index in [0.29, 0.717) is 17.0 Å². The molecule has 0 radical (unpaired) electrons. The summed E-state index contributed by atoms with van der Waals surface area (Å²) >= 11 is 0. The van der Waals surface area contributed by atoms with Gasteiger partial charge in [0.05, 0.1) is 12.7 Å². The number of aryl methyl sites for hydroxylation is 1. The van der Waals surface area contributed by atoms with E-state index in [1.165, 1.54) is 12.6 Å². The number of carbonyl (C=O) groups excluding carboxylic acids is 2. The number of anilines is 2. The molecular weight excluding hydrogens is 440 g/mol. The first kappa shape index (κ1) is 23.8. The lowest BCUT2D eigenvalue weighted by Gasteiger charge is -2.13. The van der Waals surface area contributed by atoms with Crippen LogP contribution in [0.15, 0.2) is 60.7 Å². The Morgan fingerprint density at radius 1 is 0.943 bits per heavy atom. The van der Waals surface area contributed by atoms with Crippen molar-refractivity contribution < 1.29 is 14.3 Å². The maximum atomic E-state index is 12.7. The summed E-state index contributed by atoms with van der Waals surface area (Å²) in [5.41, 5.74) is 3.99. The predicted molar refractivity (Wildman–Crippen MR) is 138 cm³/mol. The first-order valence-electron chi connectivity index (χ1n) is 11.6. The Kier molecular flexibility index (Phi) is 7.02. The third kappa shape index (κ3) is 5.12. The molecule has 7 heteroatoms. The molecule has 1 aromatic heterocycles. The minimum absolute atomic E-state index is 0.135. The molecule has 3 aromatic carbocycles. The van der Waals surface area contributed by atoms with Gasteiger partial charge < -0.3 is 19.9 Å². The average Bonchev–Trinajstić information content (AvgIpc) is 3.16. The van der Waals surface area contributed by atoms with Gasteiger partial charge in [0.2, 0.25) is 11.8 Å². The zero-order valence-electron chi connectivity index (χ0n) is 20.1. The maximum absolute atomic E-state index is 12.7. The highest BCUT2D eigenvalue weighted by Crippen LogP contribution is 2.31. The summed E-state index contributed by atoms with van der Waals surface area (Å²) < 4.78 is 7.44. The molecule has 1 unspecified atom stereocenters. The van der Waals surface area contributed by atoms with Crippen LogP contribution in [0.5, 0.6) is 5.75 Å². The number of nitriles is 1. The van der Waals surface area contributed by atoms with Crippen molar-refractivity contribution in [2.75, 3.05) is 17.7 Å². The van der Waals surface area contributed by atoms with Crippen molar-refractivity contribution in [3.05, 3.63) is 66.2 Å². The second-order valence-corrected chi connectivity index (χ2v) is 8.63. The number of amides is 2. The molecule has 4 aromatic rings. The van der Waals surface area contributed by atoms with Crippen LogP contribution >= 0.6 is 0 Å². The predicted octanol–water partition coefficient (Wildman–Crippen LogP) is 5.69. The normalized spacial score (nSPS) is 11.7. The quantitative estimate of drug-likeness (QED) is 0.347. The number of hydrogen-bond donors (Lipinski definition) is 2. The van der Waals surface area contributed by atoms with E-state index in [1.54, 1.807) is 18.2 Å². The van der Waals surface area contributed by atoms with Gasteiger partial charge in [-0.1, -0.05) is 25.1 Å². The lowest BCUT2D eigenvalue weighted by Crippen LogP contribution is -2.20. The summed E-state index contributed by atoms with van der Waals surface area (Å²) in [5.74, 6) is -0.0902. The minimum atomic E-state index is -0.203. The van der Waals surface area contributed by atoms with Gasteiger partial charge in [0.1, 0.15) is 11.8 Å². The third-order valence-corrected chi connectivity index (χ3v) is 6.05. The van der Waals surface area contributed by atoms with Crippen molar-refractivity contribution >= 4 is 45.0 Å². The molecule has 178 valence electrons. The zero-order chi connectivity index (χ0) is 24.9. The fourth-order valence-electron chi connectivity index (χ4n) is 4.46. The van der Waals surface area contributed by atoms with Crippen LogP contribution in [0, 0.1) is 17.2 Å². The summed E-state index contributed by atoms with van der Waals surface area (Å²) in [4.78, 5) is 25.2. The Balaban J connectivity index is 1.38. The monoisotopic (exact) mass is 468 g/mol. The zero-order valence-corrected chi connectivity index (χ0v) is 20.1. The van der Waals surface area contributed by atoms with Gasteiger partial charge in [-0.3, -0.25) is 9.59 Å². The van der Waals surface area contributed by atoms with E-state index >= 15 is 0 Å². The lowest BCUT2D eigenvalue weighted by atomic mass is 10.0. The van der Waals surface area contributed by atoms with Gasteiger partial charge >= 0.3 is 0 Å². The van der Waals surface area contributed by atoms with Crippen molar-refractivity contribution in [2.45, 2.75) is 33.2 Å². The van der Waals surface area contributed by atoms with Gasteiger partial charge in [0, 0.05) is 58.6 Å². The molecule has 0 bridgehead atoms. The fraction of sp³-hybridized carbons (Fsp3) is 0.250. The summed E-state index contributed by atoms with van der Waals surface area (Å²) in [6, 6.07) is 21.1. The Labute approximate surface area is 204 Å². The minimum Gasteiger partial charge on any atom is -0.495 e. The number of fused-ring (bicyclic) bond motifs is 3. The summed E-state index contributed by atoms with van der Waals surface area (Å²) in [7, 11) is 1.47. The molecule has 0 spiro atoms. The number of rotatable bonds is 8. The highest BCUT2D eigenvalue weighted by molar-refractivity contribution is 6.09. The number of carbonyl (C=O) groups is 2. The molecule has 2 amide bonds. The molecule has 2 N–H and O–H groups in total. The number of benzene rings is 3. The first-order chi connectivity index (χ1) is 16.9. The number of nitrogens with zero attached hydrogens (tertiary/aromatic N) is 2. The molecule has 4 rings (SSSR count). The van der Waals surface area contributed by atoms with E-state index in [1.807, 2.05) is 43.3 Å². The molecule has 0 saturated carbocycles. The van der Waals surface area contributed by atoms with Gasteiger partial charge in [-0.25, -0.2) is 0 Å². The number of nitrogens with one attached hydrogen (secondary N) is 2. The second kappa shape index (κ2) is 10.3. The smallest absolute Gasteiger partial charge is 0.224 e. The SMILES string of the molecule is CCn1c2ccccc2c2cc(NC(=O)CC(C)CC(=O)Nc3ccc(C#N)c(OC)c3)ccc21. The van der Waals surface area contributed by atoms with Crippen LogP contribution in [0.4, 0.5) is 11.4 Å². The van der Waals surface area contributed by atoms with Crippen molar-refractivity contribution in [3.8, 4) is 11.8 Å². The Hall–Kier alpha value is -4.31. The number of methoxy groups -OCH3 is 1. The van der Waals surface area contributed by atoms with Crippen molar-refractivity contribution in [2.24, 2.45) is 5.92 Å². The first-order valence-corrected chi connectivity index (χ1v) is 11.6. The van der Waals surface area contributed by atoms with Crippen LogP contribution in [0.25, 0.3) is 21.8 Å². The number of para-hydroxylation sites is 1. The Bertz CT molecular complexity index is 1450. The Morgan fingerprint density at radius 3 is 2.23 bits per heavy atom. The fourth-order valence-corrected chi connectivity index (χ4v) is 4.46. The highest BCUT2D eigenvalue weighted by Gasteiger charge is 2.16. The van der Waals surface area contributed by atoms with Gasteiger partial charge in [-0.05, 0) is 49.2 Å².